The summed E-state index contributed by atoms with van der Waals surface area (Å²) in [5.74, 6) is 0.451. The Kier molecular flexibility index (Phi) is 17.8. The van der Waals surface area contributed by atoms with E-state index < -0.39 is 6.04 Å². The molecule has 0 aromatic heterocycles. The smallest absolute Gasteiger partial charge is 0.243 e. The third-order valence-electron chi connectivity index (χ3n) is 5.86. The van der Waals surface area contributed by atoms with Gasteiger partial charge in [-0.05, 0) is 62.6 Å². The number of nitrogens with one attached hydrogen (secondary N) is 5. The van der Waals surface area contributed by atoms with Gasteiger partial charge in [-0.3, -0.25) is 9.59 Å². The number of hydrogen-bond donors (Lipinski definition) is 5. The highest BCUT2D eigenvalue weighted by Gasteiger charge is 2.21. The minimum Gasteiger partial charge on any atom is -0.492 e. The van der Waals surface area contributed by atoms with Crippen molar-refractivity contribution in [2.24, 2.45) is 5.92 Å². The van der Waals surface area contributed by atoms with Gasteiger partial charge in [0.05, 0.1) is 6.54 Å². The SMILES string of the molecule is C=C1CN[C@@H](C)COc2ccccc2CC(C)CNC(=O)C(CNC)NC(=O)CN1.CCC.Cc1cccc(F)c1. The molecular formula is C32H50FN5O3. The number of benzene rings is 2. The summed E-state index contributed by atoms with van der Waals surface area (Å²) >= 11 is 0. The van der Waals surface area contributed by atoms with Gasteiger partial charge < -0.3 is 31.3 Å². The van der Waals surface area contributed by atoms with Crippen LogP contribution in [0.25, 0.3) is 0 Å². The first kappa shape index (κ1) is 35.6. The third-order valence-corrected chi connectivity index (χ3v) is 5.86. The molecule has 0 saturated carbocycles. The number of fused-ring (bicyclic) bond motifs is 1. The summed E-state index contributed by atoms with van der Waals surface area (Å²) in [6.07, 6.45) is 2.03. The van der Waals surface area contributed by atoms with Gasteiger partial charge in [0.2, 0.25) is 11.8 Å². The highest BCUT2D eigenvalue weighted by Crippen LogP contribution is 2.21. The summed E-state index contributed by atoms with van der Waals surface area (Å²) in [5, 5.41) is 15.0. The van der Waals surface area contributed by atoms with Crippen molar-refractivity contribution in [3.05, 3.63) is 77.8 Å². The Balaban J connectivity index is 0.000000638. The normalized spacial score (nSPS) is 20.5. The monoisotopic (exact) mass is 571 g/mol. The fraction of sp³-hybridized carbons (Fsp3) is 0.500. The van der Waals surface area contributed by atoms with E-state index in [2.05, 4.69) is 60.0 Å². The van der Waals surface area contributed by atoms with Crippen molar-refractivity contribution in [2.45, 2.75) is 59.5 Å². The first-order chi connectivity index (χ1) is 19.6. The molecule has 2 aromatic rings. The van der Waals surface area contributed by atoms with Crippen molar-refractivity contribution in [3.8, 4) is 5.75 Å². The van der Waals surface area contributed by atoms with Crippen LogP contribution in [0.3, 0.4) is 0 Å². The van der Waals surface area contributed by atoms with Crippen LogP contribution >= 0.6 is 0 Å². The zero-order valence-corrected chi connectivity index (χ0v) is 25.6. The van der Waals surface area contributed by atoms with Gasteiger partial charge in [0, 0.05) is 31.4 Å². The van der Waals surface area contributed by atoms with Crippen LogP contribution in [0.1, 0.15) is 45.2 Å². The molecule has 3 rings (SSSR count). The van der Waals surface area contributed by atoms with Crippen LogP contribution in [0.15, 0.2) is 60.8 Å². The Hall–Kier alpha value is -3.43. The predicted octanol–water partition coefficient (Wildman–Crippen LogP) is 3.71. The molecule has 1 aliphatic heterocycles. The molecule has 2 amide bonds. The molecule has 9 heteroatoms. The zero-order valence-electron chi connectivity index (χ0n) is 25.6. The summed E-state index contributed by atoms with van der Waals surface area (Å²) in [6, 6.07) is 14.0. The maximum Gasteiger partial charge on any atom is 0.243 e. The number of rotatable bonds is 2. The van der Waals surface area contributed by atoms with Crippen molar-refractivity contribution < 1.29 is 18.7 Å². The van der Waals surface area contributed by atoms with E-state index in [1.807, 2.05) is 38.1 Å². The van der Waals surface area contributed by atoms with Crippen LogP contribution in [-0.4, -0.2) is 63.7 Å². The van der Waals surface area contributed by atoms with Crippen LogP contribution < -0.4 is 31.3 Å². The number of likely N-dealkylation sites (N-methyl/N-ethyl adjacent to an activating group) is 1. The van der Waals surface area contributed by atoms with Crippen LogP contribution in [0.4, 0.5) is 4.39 Å². The molecule has 0 saturated heterocycles. The molecule has 3 atom stereocenters. The molecule has 0 bridgehead atoms. The van der Waals surface area contributed by atoms with E-state index in [0.29, 0.717) is 31.9 Å². The number of amides is 2. The topological polar surface area (TPSA) is 104 Å². The van der Waals surface area contributed by atoms with E-state index in [1.54, 1.807) is 13.1 Å². The molecular weight excluding hydrogens is 521 g/mol. The molecule has 5 N–H and O–H groups in total. The number of carbonyl (C=O) groups is 2. The maximum atomic E-state index is 12.6. The van der Waals surface area contributed by atoms with Crippen molar-refractivity contribution in [1.82, 2.24) is 26.6 Å². The number of para-hydroxylation sites is 1. The van der Waals surface area contributed by atoms with Gasteiger partial charge in [0.25, 0.3) is 0 Å². The Labute approximate surface area is 245 Å². The lowest BCUT2D eigenvalue weighted by Gasteiger charge is -2.22. The molecule has 8 nitrogen and oxygen atoms in total. The van der Waals surface area contributed by atoms with Gasteiger partial charge >= 0.3 is 0 Å². The van der Waals surface area contributed by atoms with E-state index in [0.717, 1.165) is 23.3 Å². The Bertz CT molecular complexity index is 1050. The van der Waals surface area contributed by atoms with Gasteiger partial charge in [0.1, 0.15) is 24.2 Å². The van der Waals surface area contributed by atoms with E-state index in [1.165, 1.54) is 18.6 Å². The zero-order chi connectivity index (χ0) is 30.6. The molecule has 1 heterocycles. The Morgan fingerprint density at radius 1 is 1.05 bits per heavy atom. The lowest BCUT2D eigenvalue weighted by molar-refractivity contribution is -0.128. The molecule has 2 unspecified atom stereocenters. The number of hydrogen-bond acceptors (Lipinski definition) is 6. The summed E-state index contributed by atoms with van der Waals surface area (Å²) in [5.41, 5.74) is 2.77. The largest absolute Gasteiger partial charge is 0.492 e. The summed E-state index contributed by atoms with van der Waals surface area (Å²) < 4.78 is 18.2. The van der Waals surface area contributed by atoms with Crippen molar-refractivity contribution in [3.63, 3.8) is 0 Å². The van der Waals surface area contributed by atoms with Crippen molar-refractivity contribution in [2.75, 3.05) is 39.8 Å². The first-order valence-electron chi connectivity index (χ1n) is 14.4. The van der Waals surface area contributed by atoms with Crippen molar-refractivity contribution in [1.29, 1.82) is 0 Å². The minimum absolute atomic E-state index is 0.0582. The third kappa shape index (κ3) is 15.8. The second-order valence-electron chi connectivity index (χ2n) is 10.4. The number of ether oxygens (including phenoxy) is 1. The first-order valence-corrected chi connectivity index (χ1v) is 14.4. The molecule has 0 spiro atoms. The number of halogens is 1. The number of aryl methyl sites for hydroxylation is 1. The number of carbonyl (C=O) groups excluding carboxylic acids is 2. The average molecular weight is 572 g/mol. The molecule has 1 aliphatic rings. The highest BCUT2D eigenvalue weighted by atomic mass is 19.1. The van der Waals surface area contributed by atoms with Crippen LogP contribution in [0.5, 0.6) is 5.75 Å². The predicted molar refractivity (Wildman–Crippen MR) is 165 cm³/mol. The van der Waals surface area contributed by atoms with Crippen LogP contribution in [-0.2, 0) is 16.0 Å². The average Bonchev–Trinajstić information content (AvgIpc) is 2.93. The summed E-state index contributed by atoms with van der Waals surface area (Å²) in [4.78, 5) is 24.9. The van der Waals surface area contributed by atoms with Crippen molar-refractivity contribution >= 4 is 11.8 Å². The summed E-state index contributed by atoms with van der Waals surface area (Å²) in [6.45, 7) is 16.1. The van der Waals surface area contributed by atoms with Gasteiger partial charge in [-0.15, -0.1) is 0 Å². The van der Waals surface area contributed by atoms with Crippen LogP contribution in [0.2, 0.25) is 0 Å². The second kappa shape index (κ2) is 20.4. The van der Waals surface area contributed by atoms with Gasteiger partial charge in [-0.1, -0.05) is 64.1 Å². The minimum atomic E-state index is -0.641. The maximum absolute atomic E-state index is 12.6. The molecule has 0 radical (unpaired) electrons. The Morgan fingerprint density at radius 3 is 2.39 bits per heavy atom. The molecule has 0 aliphatic carbocycles. The van der Waals surface area contributed by atoms with Gasteiger partial charge in [-0.2, -0.15) is 0 Å². The highest BCUT2D eigenvalue weighted by molar-refractivity contribution is 5.88. The summed E-state index contributed by atoms with van der Waals surface area (Å²) in [7, 11) is 1.75. The fourth-order valence-corrected chi connectivity index (χ4v) is 3.76. The van der Waals surface area contributed by atoms with Crippen LogP contribution in [0, 0.1) is 18.7 Å². The van der Waals surface area contributed by atoms with E-state index in [-0.39, 0.29) is 36.1 Å². The molecule has 2 aromatic carbocycles. The van der Waals surface area contributed by atoms with Gasteiger partial charge in [0.15, 0.2) is 0 Å². The van der Waals surface area contributed by atoms with E-state index in [9.17, 15) is 14.0 Å². The lowest BCUT2D eigenvalue weighted by Crippen LogP contribution is -2.53. The van der Waals surface area contributed by atoms with E-state index >= 15 is 0 Å². The lowest BCUT2D eigenvalue weighted by atomic mass is 10.00. The second-order valence-corrected chi connectivity index (χ2v) is 10.4. The Morgan fingerprint density at radius 2 is 1.76 bits per heavy atom. The molecule has 41 heavy (non-hydrogen) atoms. The molecule has 228 valence electrons. The standard InChI is InChI=1S/C22H35N5O3.C7H7F.C3H8/c1-15-9-18-7-5-6-8-20(18)30-14-17(3)24-11-16(2)25-13-21(28)27-19(12-23-4)22(29)26-10-15;1-6-3-2-4-7(8)5-6;1-3-2/h5-8,15,17,19,23-25H,2,9-14H2,1,3-4H3,(H,26,29)(H,27,28);2-5H,1H3;3H2,1-2H3/t15?,17-,19?;;/m0../s1. The fourth-order valence-electron chi connectivity index (χ4n) is 3.76. The van der Waals surface area contributed by atoms with Gasteiger partial charge in [-0.25, -0.2) is 4.39 Å². The van der Waals surface area contributed by atoms with E-state index in [4.69, 9.17) is 4.74 Å². The quantitative estimate of drug-likeness (QED) is 0.377. The molecule has 0 fully saturated rings.